The highest BCUT2D eigenvalue weighted by Crippen LogP contribution is 2.22. The first-order chi connectivity index (χ1) is 13.2. The summed E-state index contributed by atoms with van der Waals surface area (Å²) in [5.41, 5.74) is 3.27. The van der Waals surface area contributed by atoms with Crippen molar-refractivity contribution in [1.29, 1.82) is 0 Å². The number of hydrogen-bond donors (Lipinski definition) is 1. The van der Waals surface area contributed by atoms with Crippen LogP contribution in [0.3, 0.4) is 0 Å². The van der Waals surface area contributed by atoms with Crippen LogP contribution in [0.15, 0.2) is 54.9 Å². The Labute approximate surface area is 163 Å². The van der Waals surface area contributed by atoms with Crippen LogP contribution in [0.4, 0.5) is 4.79 Å². The highest BCUT2D eigenvalue weighted by atomic mass is 35.5. The Bertz CT molecular complexity index is 913. The number of fused-ring (bicyclic) bond motifs is 1. The van der Waals surface area contributed by atoms with Gasteiger partial charge in [0.05, 0.1) is 17.4 Å². The van der Waals surface area contributed by atoms with Crippen LogP contribution in [0.1, 0.15) is 18.4 Å². The molecular weight excluding hydrogens is 360 g/mol. The molecule has 2 amide bonds. The molecule has 1 N–H and O–H groups in total. The molecule has 1 aliphatic rings. The molecule has 6 heteroatoms. The van der Waals surface area contributed by atoms with Gasteiger partial charge in [0, 0.05) is 31.2 Å². The molecule has 27 heavy (non-hydrogen) atoms. The average molecular weight is 383 g/mol. The van der Waals surface area contributed by atoms with Gasteiger partial charge in [-0.05, 0) is 48.6 Å². The summed E-state index contributed by atoms with van der Waals surface area (Å²) in [7, 11) is 0. The number of halogens is 1. The molecule has 0 bridgehead atoms. The van der Waals surface area contributed by atoms with E-state index in [0.717, 1.165) is 43.6 Å². The van der Waals surface area contributed by atoms with E-state index in [1.165, 1.54) is 5.52 Å². The quantitative estimate of drug-likeness (QED) is 0.730. The molecule has 0 atom stereocenters. The number of likely N-dealkylation sites (tertiary alicyclic amines) is 1. The van der Waals surface area contributed by atoms with Crippen molar-refractivity contribution in [3.05, 3.63) is 65.4 Å². The number of amides is 2. The van der Waals surface area contributed by atoms with Crippen molar-refractivity contribution >= 4 is 28.7 Å². The number of rotatable bonds is 4. The Balaban J connectivity index is 1.27. The SMILES string of the molecule is O=C(NCc1ccc(Cl)cc1)N1CCC(Cn2cnc3ccccc32)CC1. The van der Waals surface area contributed by atoms with Crippen molar-refractivity contribution < 1.29 is 4.79 Å². The van der Waals surface area contributed by atoms with E-state index in [1.807, 2.05) is 53.7 Å². The number of urea groups is 1. The summed E-state index contributed by atoms with van der Waals surface area (Å²) in [5.74, 6) is 0.572. The van der Waals surface area contributed by atoms with Gasteiger partial charge in [-0.15, -0.1) is 0 Å². The lowest BCUT2D eigenvalue weighted by atomic mass is 9.97. The average Bonchev–Trinajstić information content (AvgIpc) is 3.11. The van der Waals surface area contributed by atoms with Crippen molar-refractivity contribution in [2.45, 2.75) is 25.9 Å². The fraction of sp³-hybridized carbons (Fsp3) is 0.333. The molecule has 1 fully saturated rings. The Morgan fingerprint density at radius 3 is 2.63 bits per heavy atom. The maximum atomic E-state index is 12.4. The summed E-state index contributed by atoms with van der Waals surface area (Å²) < 4.78 is 2.23. The van der Waals surface area contributed by atoms with Gasteiger partial charge in [0.15, 0.2) is 0 Å². The summed E-state index contributed by atoms with van der Waals surface area (Å²) in [6.07, 6.45) is 3.96. The number of piperidine rings is 1. The number of nitrogens with zero attached hydrogens (tertiary/aromatic N) is 3. The summed E-state index contributed by atoms with van der Waals surface area (Å²) in [5, 5.41) is 3.71. The standard InChI is InChI=1S/C21H23ClN4O/c22-18-7-5-16(6-8-18)13-23-21(27)25-11-9-17(10-12-25)14-26-15-24-19-3-1-2-4-20(19)26/h1-8,15,17H,9-14H2,(H,23,27). The molecule has 1 aliphatic heterocycles. The zero-order valence-corrected chi connectivity index (χ0v) is 15.9. The van der Waals surface area contributed by atoms with E-state index in [9.17, 15) is 4.79 Å². The van der Waals surface area contributed by atoms with Crippen LogP contribution >= 0.6 is 11.6 Å². The second kappa shape index (κ2) is 8.01. The summed E-state index contributed by atoms with van der Waals surface area (Å²) in [6.45, 7) is 3.07. The molecule has 0 saturated carbocycles. The fourth-order valence-electron chi connectivity index (χ4n) is 3.64. The minimum Gasteiger partial charge on any atom is -0.334 e. The van der Waals surface area contributed by atoms with Crippen LogP contribution in [0.25, 0.3) is 11.0 Å². The van der Waals surface area contributed by atoms with Gasteiger partial charge < -0.3 is 14.8 Å². The van der Waals surface area contributed by atoms with E-state index in [2.05, 4.69) is 20.9 Å². The number of nitrogens with one attached hydrogen (secondary N) is 1. The summed E-state index contributed by atoms with van der Waals surface area (Å²) in [4.78, 5) is 18.8. The molecule has 5 nitrogen and oxygen atoms in total. The number of imidazole rings is 1. The third-order valence-corrected chi connectivity index (χ3v) is 5.49. The molecular formula is C21H23ClN4O. The zero-order chi connectivity index (χ0) is 18.6. The Hall–Kier alpha value is -2.53. The van der Waals surface area contributed by atoms with Crippen molar-refractivity contribution in [1.82, 2.24) is 19.8 Å². The first kappa shape index (κ1) is 17.9. The lowest BCUT2D eigenvalue weighted by Gasteiger charge is -2.32. The molecule has 140 valence electrons. The van der Waals surface area contributed by atoms with Crippen molar-refractivity contribution in [2.75, 3.05) is 13.1 Å². The van der Waals surface area contributed by atoms with Gasteiger partial charge in [-0.2, -0.15) is 0 Å². The lowest BCUT2D eigenvalue weighted by molar-refractivity contribution is 0.165. The zero-order valence-electron chi connectivity index (χ0n) is 15.1. The minimum absolute atomic E-state index is 0.0106. The summed E-state index contributed by atoms with van der Waals surface area (Å²) >= 11 is 5.89. The van der Waals surface area contributed by atoms with Crippen molar-refractivity contribution in [3.8, 4) is 0 Å². The number of carbonyl (C=O) groups is 1. The van der Waals surface area contributed by atoms with Gasteiger partial charge in [0.25, 0.3) is 0 Å². The maximum Gasteiger partial charge on any atom is 0.317 e. The first-order valence-electron chi connectivity index (χ1n) is 9.36. The van der Waals surface area contributed by atoms with Crippen molar-refractivity contribution in [3.63, 3.8) is 0 Å². The second-order valence-corrected chi connectivity index (χ2v) is 7.54. The molecule has 0 aliphatic carbocycles. The number of benzene rings is 2. The summed E-state index contributed by atoms with van der Waals surface area (Å²) in [6, 6.07) is 15.8. The fourth-order valence-corrected chi connectivity index (χ4v) is 3.77. The van der Waals surface area contributed by atoms with Gasteiger partial charge in [0.2, 0.25) is 0 Å². The molecule has 0 radical (unpaired) electrons. The van der Waals surface area contributed by atoms with Crippen LogP contribution in [-0.2, 0) is 13.1 Å². The van der Waals surface area contributed by atoms with E-state index < -0.39 is 0 Å². The van der Waals surface area contributed by atoms with Crippen LogP contribution in [0, 0.1) is 5.92 Å². The predicted molar refractivity (Wildman–Crippen MR) is 108 cm³/mol. The molecule has 0 spiro atoms. The number of hydrogen-bond acceptors (Lipinski definition) is 2. The lowest BCUT2D eigenvalue weighted by Crippen LogP contribution is -2.44. The van der Waals surface area contributed by atoms with Crippen LogP contribution in [-0.4, -0.2) is 33.6 Å². The molecule has 1 aromatic heterocycles. The van der Waals surface area contributed by atoms with E-state index in [-0.39, 0.29) is 6.03 Å². The topological polar surface area (TPSA) is 50.2 Å². The first-order valence-corrected chi connectivity index (χ1v) is 9.74. The Morgan fingerprint density at radius 1 is 1.11 bits per heavy atom. The van der Waals surface area contributed by atoms with Crippen LogP contribution < -0.4 is 5.32 Å². The third-order valence-electron chi connectivity index (χ3n) is 5.24. The largest absolute Gasteiger partial charge is 0.334 e. The highest BCUT2D eigenvalue weighted by Gasteiger charge is 2.23. The Kier molecular flexibility index (Phi) is 5.30. The van der Waals surface area contributed by atoms with Crippen LogP contribution in [0.2, 0.25) is 5.02 Å². The van der Waals surface area contributed by atoms with Gasteiger partial charge in [-0.3, -0.25) is 0 Å². The monoisotopic (exact) mass is 382 g/mol. The maximum absolute atomic E-state index is 12.4. The molecule has 0 unspecified atom stereocenters. The highest BCUT2D eigenvalue weighted by molar-refractivity contribution is 6.30. The molecule has 2 aromatic carbocycles. The third kappa shape index (κ3) is 4.25. The molecule has 4 rings (SSSR count). The minimum atomic E-state index is 0.0106. The van der Waals surface area contributed by atoms with E-state index in [1.54, 1.807) is 0 Å². The normalized spacial score (nSPS) is 15.2. The van der Waals surface area contributed by atoms with E-state index in [0.29, 0.717) is 17.5 Å². The number of para-hydroxylation sites is 2. The predicted octanol–water partition coefficient (Wildman–Crippen LogP) is 4.31. The van der Waals surface area contributed by atoms with Crippen molar-refractivity contribution in [2.24, 2.45) is 5.92 Å². The van der Waals surface area contributed by atoms with Gasteiger partial charge in [0.1, 0.15) is 0 Å². The molecule has 3 aromatic rings. The number of carbonyl (C=O) groups excluding carboxylic acids is 1. The van der Waals surface area contributed by atoms with Crippen LogP contribution in [0.5, 0.6) is 0 Å². The molecule has 1 saturated heterocycles. The van der Waals surface area contributed by atoms with E-state index >= 15 is 0 Å². The van der Waals surface area contributed by atoms with Gasteiger partial charge in [-0.1, -0.05) is 35.9 Å². The Morgan fingerprint density at radius 2 is 1.85 bits per heavy atom. The van der Waals surface area contributed by atoms with E-state index in [4.69, 9.17) is 11.6 Å². The number of aromatic nitrogens is 2. The smallest absolute Gasteiger partial charge is 0.317 e. The van der Waals surface area contributed by atoms with Gasteiger partial charge >= 0.3 is 6.03 Å². The second-order valence-electron chi connectivity index (χ2n) is 7.10. The molecule has 2 heterocycles. The van der Waals surface area contributed by atoms with Gasteiger partial charge in [-0.25, -0.2) is 9.78 Å².